The fraction of sp³-hybridized carbons (Fsp3) is 0.486. The molecule has 4 heteroatoms. The smallest absolute Gasteiger partial charge is 0.189 e. The number of allylic oxidation sites excluding steroid dienone is 2. The Morgan fingerprint density at radius 1 is 0.239 bits per heavy atom. The largest absolute Gasteiger partial charge is 0.507 e. The van der Waals surface area contributed by atoms with E-state index in [9.17, 15) is 19.8 Å². The maximum absolute atomic E-state index is 14.8. The molecule has 0 aliphatic heterocycles. The number of rotatable bonds is 50. The van der Waals surface area contributed by atoms with Gasteiger partial charge in [0.25, 0.3) is 0 Å². The number of carbonyl (C=O) groups is 2. The minimum atomic E-state index is -0.444. The first-order valence-electron chi connectivity index (χ1n) is 44.4. The van der Waals surface area contributed by atoms with Crippen LogP contribution in [0.2, 0.25) is 0 Å². The lowest BCUT2D eigenvalue weighted by atomic mass is 9.70. The standard InChI is InChI=1S/C105H134O4/c1-7-13-19-25-31-41-67-103(68-42-32-26-20-14-8-2)93-49-39-37-47-87(93)89-63-59-83(73-95(89)103)79-51-55-81(56-52-79)99(106)77-101(108)85-61-65-91-92-66-62-86(76-98(92)105(97(91)75-85,71-45-35-29-23-17-11-5)72-46-36-30-24-18-12-6)102(109)78-100(107)82-57-53-80(54-58-82)84-60-64-90-88-48-38-40-50-94(88)104(96(90)74-84,69-43-33-27-21-15-9-3)70-44-34-28-22-16-10-4/h37-40,47-66,73-78,106-107H,7-36,41-46,67-72H2,1-6H3/b99-77-,100-78-. The molecule has 578 valence electrons. The van der Waals surface area contributed by atoms with Gasteiger partial charge in [-0.25, -0.2) is 0 Å². The van der Waals surface area contributed by atoms with Crippen molar-refractivity contribution in [2.45, 2.75) is 327 Å². The van der Waals surface area contributed by atoms with E-state index in [1.165, 1.54) is 299 Å². The van der Waals surface area contributed by atoms with Gasteiger partial charge >= 0.3 is 0 Å². The quantitative estimate of drug-likeness (QED) is 0.0172. The Labute approximate surface area is 659 Å². The molecule has 0 saturated heterocycles. The zero-order valence-electron chi connectivity index (χ0n) is 68.2. The summed E-state index contributed by atoms with van der Waals surface area (Å²) in [6, 6.07) is 61.5. The van der Waals surface area contributed by atoms with E-state index in [1.54, 1.807) is 0 Å². The molecule has 3 aliphatic rings. The molecule has 0 bridgehead atoms. The fourth-order valence-corrected chi connectivity index (χ4v) is 19.6. The summed E-state index contributed by atoms with van der Waals surface area (Å²) in [6.45, 7) is 13.7. The van der Waals surface area contributed by atoms with Crippen molar-refractivity contribution in [1.82, 2.24) is 0 Å². The summed E-state index contributed by atoms with van der Waals surface area (Å²) >= 11 is 0. The summed E-state index contributed by atoms with van der Waals surface area (Å²) in [4.78, 5) is 29.7. The number of aliphatic hydroxyl groups excluding tert-OH is 2. The maximum Gasteiger partial charge on any atom is 0.189 e. The molecule has 0 radical (unpaired) electrons. The van der Waals surface area contributed by atoms with Gasteiger partial charge in [0.2, 0.25) is 0 Å². The minimum Gasteiger partial charge on any atom is -0.507 e. The minimum absolute atomic E-state index is 0.0180. The van der Waals surface area contributed by atoms with E-state index in [-0.39, 0.29) is 33.9 Å². The maximum atomic E-state index is 14.8. The van der Waals surface area contributed by atoms with Crippen LogP contribution in [0, 0.1) is 0 Å². The van der Waals surface area contributed by atoms with Crippen molar-refractivity contribution in [3.05, 3.63) is 238 Å². The molecule has 0 heterocycles. The van der Waals surface area contributed by atoms with Gasteiger partial charge in [-0.1, -0.05) is 418 Å². The van der Waals surface area contributed by atoms with Crippen molar-refractivity contribution in [1.29, 1.82) is 0 Å². The van der Waals surface area contributed by atoms with E-state index in [4.69, 9.17) is 0 Å². The SMILES string of the molecule is CCCCCCCCC1(CCCCCCCC)c2cc(C(=O)/C=C(\O)c3ccc(-c4ccc5c(c4)C(CCCCCCCC)(CCCCCCCC)c4ccccc4-5)cc3)ccc2-c2ccc(C(=O)/C=C(\O)c3ccc(-c4ccc5c(c4)C(CCCCCCCC)(CCCCCCCC)c4ccccc4-5)cc3)cc21. The first kappa shape index (κ1) is 82.1. The molecule has 0 spiro atoms. The van der Waals surface area contributed by atoms with Gasteiger partial charge in [0.05, 0.1) is 0 Å². The summed E-state index contributed by atoms with van der Waals surface area (Å²) in [5.41, 5.74) is 22.4. The van der Waals surface area contributed by atoms with Crippen LogP contribution in [-0.2, 0) is 16.2 Å². The molecule has 0 saturated carbocycles. The van der Waals surface area contributed by atoms with Gasteiger partial charge in [-0.05, 0) is 152 Å². The molecule has 109 heavy (non-hydrogen) atoms. The van der Waals surface area contributed by atoms with Gasteiger partial charge in [0, 0.05) is 50.7 Å². The highest BCUT2D eigenvalue weighted by molar-refractivity contribution is 6.10. The molecule has 8 aromatic carbocycles. The zero-order valence-corrected chi connectivity index (χ0v) is 68.2. The molecule has 0 fully saturated rings. The molecule has 8 aromatic rings. The molecule has 0 amide bonds. The van der Waals surface area contributed by atoms with E-state index < -0.39 is 5.41 Å². The molecule has 0 atom stereocenters. The molecule has 0 unspecified atom stereocenters. The molecule has 11 rings (SSSR count). The lowest BCUT2D eigenvalue weighted by Crippen LogP contribution is -2.26. The highest BCUT2D eigenvalue weighted by Crippen LogP contribution is 2.58. The normalized spacial score (nSPS) is 14.1. The summed E-state index contributed by atoms with van der Waals surface area (Å²) in [5.74, 6) is -0.568. The average molecular weight is 1460 g/mol. The second-order valence-corrected chi connectivity index (χ2v) is 33.4. The highest BCUT2D eigenvalue weighted by atomic mass is 16.3. The Bertz CT molecular complexity index is 3960. The van der Waals surface area contributed by atoms with Crippen LogP contribution in [0.1, 0.15) is 376 Å². The van der Waals surface area contributed by atoms with Crippen molar-refractivity contribution in [3.63, 3.8) is 0 Å². The number of hydrogen-bond acceptors (Lipinski definition) is 4. The molecular formula is C105H134O4. The summed E-state index contributed by atoms with van der Waals surface area (Å²) < 4.78 is 0. The lowest BCUT2D eigenvalue weighted by molar-refractivity contribution is 0.103. The zero-order chi connectivity index (χ0) is 76.3. The Balaban J connectivity index is 0.849. The predicted molar refractivity (Wildman–Crippen MR) is 467 cm³/mol. The van der Waals surface area contributed by atoms with E-state index in [1.807, 2.05) is 36.4 Å². The lowest BCUT2D eigenvalue weighted by Gasteiger charge is -2.33. The van der Waals surface area contributed by atoms with Gasteiger partial charge in [0.1, 0.15) is 11.5 Å². The van der Waals surface area contributed by atoms with Crippen molar-refractivity contribution in [2.75, 3.05) is 0 Å². The summed E-state index contributed by atoms with van der Waals surface area (Å²) in [5, 5.41) is 24.0. The van der Waals surface area contributed by atoms with Crippen LogP contribution in [0.15, 0.2) is 182 Å². The summed E-state index contributed by atoms with van der Waals surface area (Å²) in [7, 11) is 0. The number of benzene rings is 8. The van der Waals surface area contributed by atoms with Gasteiger partial charge in [-0.15, -0.1) is 0 Å². The van der Waals surface area contributed by atoms with E-state index in [2.05, 4.69) is 175 Å². The van der Waals surface area contributed by atoms with Crippen molar-refractivity contribution < 1.29 is 19.8 Å². The Morgan fingerprint density at radius 3 is 0.752 bits per heavy atom. The second-order valence-electron chi connectivity index (χ2n) is 33.4. The van der Waals surface area contributed by atoms with Crippen LogP contribution in [0.25, 0.3) is 67.2 Å². The Kier molecular flexibility index (Phi) is 31.2. The van der Waals surface area contributed by atoms with E-state index in [0.717, 1.165) is 71.9 Å². The Hall–Kier alpha value is -7.82. The third kappa shape index (κ3) is 19.9. The van der Waals surface area contributed by atoms with Crippen molar-refractivity contribution in [3.8, 4) is 55.6 Å². The third-order valence-corrected chi connectivity index (χ3v) is 25.8. The fourth-order valence-electron chi connectivity index (χ4n) is 19.6. The number of unbranched alkanes of at least 4 members (excludes halogenated alkanes) is 30. The van der Waals surface area contributed by atoms with Gasteiger partial charge in [0.15, 0.2) is 11.6 Å². The predicted octanol–water partition coefficient (Wildman–Crippen LogP) is 31.9. The molecule has 2 N–H and O–H groups in total. The topological polar surface area (TPSA) is 74.6 Å². The number of aliphatic hydroxyl groups is 2. The van der Waals surface area contributed by atoms with Crippen LogP contribution in [0.5, 0.6) is 0 Å². The van der Waals surface area contributed by atoms with Crippen molar-refractivity contribution >= 4 is 23.1 Å². The van der Waals surface area contributed by atoms with Crippen LogP contribution in [-0.4, -0.2) is 21.8 Å². The third-order valence-electron chi connectivity index (χ3n) is 25.8. The van der Waals surface area contributed by atoms with Crippen LogP contribution < -0.4 is 0 Å². The highest BCUT2D eigenvalue weighted by Gasteiger charge is 2.46. The van der Waals surface area contributed by atoms with E-state index in [0.29, 0.717) is 22.3 Å². The number of hydrogen-bond donors (Lipinski definition) is 2. The van der Waals surface area contributed by atoms with Gasteiger partial charge in [-0.2, -0.15) is 0 Å². The molecule has 4 nitrogen and oxygen atoms in total. The Morgan fingerprint density at radius 2 is 0.459 bits per heavy atom. The first-order chi connectivity index (χ1) is 53.5. The molecular weight excluding hydrogens is 1330 g/mol. The number of fused-ring (bicyclic) bond motifs is 9. The van der Waals surface area contributed by atoms with Crippen molar-refractivity contribution in [2.24, 2.45) is 0 Å². The van der Waals surface area contributed by atoms with Crippen LogP contribution in [0.3, 0.4) is 0 Å². The molecule has 0 aromatic heterocycles. The van der Waals surface area contributed by atoms with Gasteiger partial charge < -0.3 is 10.2 Å². The average Bonchev–Trinajstić information content (AvgIpc) is 1.59. The van der Waals surface area contributed by atoms with Crippen LogP contribution in [0.4, 0.5) is 0 Å². The summed E-state index contributed by atoms with van der Waals surface area (Å²) in [6.07, 6.45) is 54.1. The first-order valence-corrected chi connectivity index (χ1v) is 44.4. The van der Waals surface area contributed by atoms with Crippen LogP contribution >= 0.6 is 0 Å². The van der Waals surface area contributed by atoms with Gasteiger partial charge in [-0.3, -0.25) is 9.59 Å². The second kappa shape index (κ2) is 41.5. The van der Waals surface area contributed by atoms with E-state index >= 15 is 0 Å². The molecule has 3 aliphatic carbocycles. The number of ketones is 2. The number of carbonyl (C=O) groups excluding carboxylic acids is 2. The monoisotopic (exact) mass is 1460 g/mol.